The van der Waals surface area contributed by atoms with Crippen LogP contribution >= 0.6 is 11.6 Å². The fourth-order valence-electron chi connectivity index (χ4n) is 0.591. The van der Waals surface area contributed by atoms with Crippen molar-refractivity contribution in [2.75, 3.05) is 0 Å². The zero-order valence-corrected chi connectivity index (χ0v) is 6.46. The van der Waals surface area contributed by atoms with Gasteiger partial charge in [-0.25, -0.2) is 14.8 Å². The van der Waals surface area contributed by atoms with Crippen molar-refractivity contribution in [3.8, 4) is 0 Å². The van der Waals surface area contributed by atoms with Crippen LogP contribution < -0.4 is 0 Å². The molecule has 58 valence electrons. The summed E-state index contributed by atoms with van der Waals surface area (Å²) in [5.74, 6) is -1.16. The molecule has 0 atom stereocenters. The average Bonchev–Trinajstić information content (AvgIpc) is 1.85. The summed E-state index contributed by atoms with van der Waals surface area (Å²) in [5, 5.41) is 8.40. The first-order valence-corrected chi connectivity index (χ1v) is 3.21. The second kappa shape index (κ2) is 2.84. The second-order valence-electron chi connectivity index (χ2n) is 1.96. The number of aryl methyl sites for hydroxylation is 1. The van der Waals surface area contributed by atoms with Crippen LogP contribution in [0.25, 0.3) is 0 Å². The molecule has 0 saturated heterocycles. The Bertz CT molecular complexity index is 301. The van der Waals surface area contributed by atoms with E-state index in [2.05, 4.69) is 9.97 Å². The van der Waals surface area contributed by atoms with Crippen LogP contribution in [0.2, 0.25) is 5.15 Å². The van der Waals surface area contributed by atoms with Crippen molar-refractivity contribution >= 4 is 17.6 Å². The maximum Gasteiger partial charge on any atom is 0.357 e. The van der Waals surface area contributed by atoms with E-state index in [1.807, 2.05) is 0 Å². The molecule has 0 unspecified atom stereocenters. The zero-order chi connectivity index (χ0) is 8.43. The molecular weight excluding hydrogens is 168 g/mol. The third-order valence-corrected chi connectivity index (χ3v) is 1.32. The van der Waals surface area contributed by atoms with Gasteiger partial charge in [0.05, 0.1) is 5.69 Å². The predicted octanol–water partition coefficient (Wildman–Crippen LogP) is 1.14. The molecule has 0 spiro atoms. The first kappa shape index (κ1) is 7.94. The van der Waals surface area contributed by atoms with Crippen LogP contribution in [-0.2, 0) is 0 Å². The summed E-state index contributed by atoms with van der Waals surface area (Å²) in [5.41, 5.74) is 0.386. The zero-order valence-electron chi connectivity index (χ0n) is 5.71. The number of hydrogen-bond acceptors (Lipinski definition) is 3. The molecule has 0 aliphatic rings. The lowest BCUT2D eigenvalue weighted by Gasteiger charge is -1.96. The number of hydrogen-bond donors (Lipinski definition) is 1. The molecule has 1 N–H and O–H groups in total. The van der Waals surface area contributed by atoms with E-state index in [1.165, 1.54) is 6.20 Å². The van der Waals surface area contributed by atoms with E-state index in [0.29, 0.717) is 5.69 Å². The Hall–Kier alpha value is -1.16. The van der Waals surface area contributed by atoms with Crippen molar-refractivity contribution in [3.05, 3.63) is 22.7 Å². The Balaban J connectivity index is 3.20. The van der Waals surface area contributed by atoms with Gasteiger partial charge >= 0.3 is 5.97 Å². The van der Waals surface area contributed by atoms with Crippen molar-refractivity contribution in [1.29, 1.82) is 0 Å². The van der Waals surface area contributed by atoms with Gasteiger partial charge in [-0.3, -0.25) is 0 Å². The van der Waals surface area contributed by atoms with E-state index in [0.717, 1.165) is 0 Å². The van der Waals surface area contributed by atoms with Crippen LogP contribution in [-0.4, -0.2) is 21.0 Å². The van der Waals surface area contributed by atoms with Gasteiger partial charge in [-0.15, -0.1) is 0 Å². The number of aromatic carboxylic acids is 1. The highest BCUT2D eigenvalue weighted by Crippen LogP contribution is 2.09. The van der Waals surface area contributed by atoms with Crippen molar-refractivity contribution in [1.82, 2.24) is 9.97 Å². The SMILES string of the molecule is Cc1cnc(C(=O)O)c(Cl)n1. The fraction of sp³-hybridized carbons (Fsp3) is 0.167. The average molecular weight is 173 g/mol. The van der Waals surface area contributed by atoms with E-state index < -0.39 is 5.97 Å². The van der Waals surface area contributed by atoms with E-state index in [4.69, 9.17) is 16.7 Å². The summed E-state index contributed by atoms with van der Waals surface area (Å²) in [6.07, 6.45) is 1.36. The standard InChI is InChI=1S/C6H5ClN2O2/c1-3-2-8-4(6(10)11)5(7)9-3/h2H,1H3,(H,10,11). The molecule has 0 aliphatic carbocycles. The van der Waals surface area contributed by atoms with Gasteiger partial charge in [-0.2, -0.15) is 0 Å². The van der Waals surface area contributed by atoms with Crippen LogP contribution in [0.5, 0.6) is 0 Å². The summed E-state index contributed by atoms with van der Waals surface area (Å²) >= 11 is 5.47. The molecule has 1 rings (SSSR count). The lowest BCUT2D eigenvalue weighted by molar-refractivity contribution is 0.0690. The number of carboxylic acid groups (broad SMARTS) is 1. The highest BCUT2D eigenvalue weighted by Gasteiger charge is 2.10. The Labute approximate surface area is 67.9 Å². The Morgan fingerprint density at radius 2 is 2.36 bits per heavy atom. The Morgan fingerprint density at radius 3 is 2.82 bits per heavy atom. The number of carbonyl (C=O) groups is 1. The van der Waals surface area contributed by atoms with Gasteiger partial charge < -0.3 is 5.11 Å². The second-order valence-corrected chi connectivity index (χ2v) is 2.31. The van der Waals surface area contributed by atoms with Crippen molar-refractivity contribution < 1.29 is 9.90 Å². The molecular formula is C6H5ClN2O2. The molecule has 4 nitrogen and oxygen atoms in total. The number of halogens is 1. The van der Waals surface area contributed by atoms with Gasteiger partial charge in [-0.1, -0.05) is 11.6 Å². The van der Waals surface area contributed by atoms with E-state index in [9.17, 15) is 4.79 Å². The van der Waals surface area contributed by atoms with Gasteiger partial charge in [0, 0.05) is 6.20 Å². The summed E-state index contributed by atoms with van der Waals surface area (Å²) < 4.78 is 0. The molecule has 0 bridgehead atoms. The highest BCUT2D eigenvalue weighted by atomic mass is 35.5. The molecule has 11 heavy (non-hydrogen) atoms. The van der Waals surface area contributed by atoms with Gasteiger partial charge in [0.2, 0.25) is 0 Å². The quantitative estimate of drug-likeness (QED) is 0.690. The molecule has 1 heterocycles. The van der Waals surface area contributed by atoms with Crippen LogP contribution in [0.3, 0.4) is 0 Å². The number of nitrogens with zero attached hydrogens (tertiary/aromatic N) is 2. The minimum absolute atomic E-state index is 0.0718. The third kappa shape index (κ3) is 1.65. The maximum absolute atomic E-state index is 10.3. The Morgan fingerprint density at radius 1 is 1.73 bits per heavy atom. The van der Waals surface area contributed by atoms with E-state index in [-0.39, 0.29) is 10.8 Å². The van der Waals surface area contributed by atoms with E-state index >= 15 is 0 Å². The predicted molar refractivity (Wildman–Crippen MR) is 38.7 cm³/mol. The number of aromatic nitrogens is 2. The van der Waals surface area contributed by atoms with Gasteiger partial charge in [0.1, 0.15) is 0 Å². The normalized spacial score (nSPS) is 9.64. The maximum atomic E-state index is 10.3. The van der Waals surface area contributed by atoms with E-state index in [1.54, 1.807) is 6.92 Å². The topological polar surface area (TPSA) is 63.1 Å². The fourth-order valence-corrected chi connectivity index (χ4v) is 0.854. The number of rotatable bonds is 1. The molecule has 0 radical (unpaired) electrons. The lowest BCUT2D eigenvalue weighted by atomic mass is 10.4. The van der Waals surface area contributed by atoms with Gasteiger partial charge in [0.15, 0.2) is 10.8 Å². The molecule has 0 aromatic carbocycles. The molecule has 0 fully saturated rings. The van der Waals surface area contributed by atoms with Crippen LogP contribution in [0.1, 0.15) is 16.2 Å². The summed E-state index contributed by atoms with van der Waals surface area (Å²) in [6, 6.07) is 0. The lowest BCUT2D eigenvalue weighted by Crippen LogP contribution is -2.03. The van der Waals surface area contributed by atoms with Crippen molar-refractivity contribution in [2.45, 2.75) is 6.92 Å². The van der Waals surface area contributed by atoms with Crippen LogP contribution in [0, 0.1) is 6.92 Å². The first-order chi connectivity index (χ1) is 5.11. The summed E-state index contributed by atoms with van der Waals surface area (Å²) in [7, 11) is 0. The third-order valence-electron chi connectivity index (χ3n) is 1.05. The molecule has 5 heteroatoms. The molecule has 0 saturated carbocycles. The minimum Gasteiger partial charge on any atom is -0.476 e. The molecule has 1 aromatic rings. The largest absolute Gasteiger partial charge is 0.476 e. The minimum atomic E-state index is -1.16. The summed E-state index contributed by atoms with van der Waals surface area (Å²) in [4.78, 5) is 17.6. The first-order valence-electron chi connectivity index (χ1n) is 2.83. The molecule has 0 aliphatic heterocycles. The molecule has 1 aromatic heterocycles. The molecule has 0 amide bonds. The summed E-state index contributed by atoms with van der Waals surface area (Å²) in [6.45, 7) is 1.69. The van der Waals surface area contributed by atoms with Gasteiger partial charge in [-0.05, 0) is 6.92 Å². The van der Waals surface area contributed by atoms with Crippen LogP contribution in [0.15, 0.2) is 6.20 Å². The van der Waals surface area contributed by atoms with Crippen LogP contribution in [0.4, 0.5) is 0 Å². The van der Waals surface area contributed by atoms with Crippen molar-refractivity contribution in [2.24, 2.45) is 0 Å². The smallest absolute Gasteiger partial charge is 0.357 e. The van der Waals surface area contributed by atoms with Crippen molar-refractivity contribution in [3.63, 3.8) is 0 Å². The number of carboxylic acids is 1. The van der Waals surface area contributed by atoms with Gasteiger partial charge in [0.25, 0.3) is 0 Å². The monoisotopic (exact) mass is 172 g/mol. The Kier molecular flexibility index (Phi) is 2.05. The highest BCUT2D eigenvalue weighted by molar-refractivity contribution is 6.31.